The van der Waals surface area contributed by atoms with Crippen LogP contribution < -0.4 is 0 Å². The summed E-state index contributed by atoms with van der Waals surface area (Å²) in [6.07, 6.45) is 91.1. The molecule has 0 radical (unpaired) electrons. The molecule has 0 spiro atoms. The van der Waals surface area contributed by atoms with Crippen LogP contribution >= 0.6 is 0 Å². The van der Waals surface area contributed by atoms with Crippen LogP contribution in [0, 0.1) is 0 Å². The molecule has 0 N–H and O–H groups in total. The number of unbranched alkanes of at least 4 members (excludes halogenated alkanes) is 46. The minimum Gasteiger partial charge on any atom is -0.462 e. The van der Waals surface area contributed by atoms with Crippen LogP contribution in [0.5, 0.6) is 0 Å². The molecule has 6 nitrogen and oxygen atoms in total. The Morgan fingerprint density at radius 1 is 0.244 bits per heavy atom. The zero-order valence-corrected chi connectivity index (χ0v) is 55.0. The molecule has 0 heterocycles. The van der Waals surface area contributed by atoms with Crippen molar-refractivity contribution in [2.75, 3.05) is 13.2 Å². The van der Waals surface area contributed by atoms with Crippen LogP contribution in [-0.2, 0) is 28.6 Å². The summed E-state index contributed by atoms with van der Waals surface area (Å²) in [5, 5.41) is 0. The van der Waals surface area contributed by atoms with Gasteiger partial charge in [0, 0.05) is 19.3 Å². The van der Waals surface area contributed by atoms with E-state index in [1.54, 1.807) is 0 Å². The Bertz CT molecular complexity index is 1460. The molecule has 0 aromatic heterocycles. The van der Waals surface area contributed by atoms with Crippen LogP contribution in [0.2, 0.25) is 0 Å². The maximum atomic E-state index is 13.0. The van der Waals surface area contributed by atoms with Gasteiger partial charge in [-0.1, -0.05) is 319 Å². The Hall–Kier alpha value is -2.89. The third-order valence-electron chi connectivity index (χ3n) is 16.2. The van der Waals surface area contributed by atoms with E-state index in [9.17, 15) is 14.4 Å². The first kappa shape index (κ1) is 79.1. The molecule has 0 aliphatic carbocycles. The second-order valence-corrected chi connectivity index (χ2v) is 24.5. The molecule has 0 fully saturated rings. The summed E-state index contributed by atoms with van der Waals surface area (Å²) >= 11 is 0. The van der Waals surface area contributed by atoms with Crippen molar-refractivity contribution in [1.29, 1.82) is 0 Å². The molecule has 6 heteroatoms. The van der Waals surface area contributed by atoms with E-state index in [0.717, 1.165) is 77.0 Å². The summed E-state index contributed by atoms with van der Waals surface area (Å²) in [6.45, 7) is 6.65. The van der Waals surface area contributed by atoms with Crippen LogP contribution in [-0.4, -0.2) is 37.2 Å². The van der Waals surface area contributed by atoms with Gasteiger partial charge in [-0.25, -0.2) is 0 Å². The van der Waals surface area contributed by atoms with E-state index >= 15 is 0 Å². The van der Waals surface area contributed by atoms with Gasteiger partial charge in [0.1, 0.15) is 13.2 Å². The van der Waals surface area contributed by atoms with Gasteiger partial charge in [0.15, 0.2) is 6.10 Å². The van der Waals surface area contributed by atoms with E-state index in [0.29, 0.717) is 19.3 Å². The highest BCUT2D eigenvalue weighted by Crippen LogP contribution is 2.18. The lowest BCUT2D eigenvalue weighted by atomic mass is 10.0. The first-order chi connectivity index (χ1) is 40.5. The molecule has 0 aliphatic heterocycles. The van der Waals surface area contributed by atoms with Gasteiger partial charge in [-0.15, -0.1) is 0 Å². The van der Waals surface area contributed by atoms with Crippen molar-refractivity contribution in [3.05, 3.63) is 60.8 Å². The fourth-order valence-corrected chi connectivity index (χ4v) is 10.7. The predicted octanol–water partition coefficient (Wildman–Crippen LogP) is 25.1. The fraction of sp³-hybridized carbons (Fsp3) is 0.829. The zero-order valence-electron chi connectivity index (χ0n) is 55.0. The lowest BCUT2D eigenvalue weighted by molar-refractivity contribution is -0.167. The molecule has 0 aromatic carbocycles. The molecule has 82 heavy (non-hydrogen) atoms. The van der Waals surface area contributed by atoms with Crippen LogP contribution in [0.25, 0.3) is 0 Å². The number of carbonyl (C=O) groups excluding carboxylic acids is 3. The van der Waals surface area contributed by atoms with Gasteiger partial charge in [0.2, 0.25) is 0 Å². The topological polar surface area (TPSA) is 78.9 Å². The molecule has 0 amide bonds. The number of hydrogen-bond acceptors (Lipinski definition) is 6. The number of hydrogen-bond donors (Lipinski definition) is 0. The summed E-state index contributed by atoms with van der Waals surface area (Å²) in [6, 6.07) is 0. The predicted molar refractivity (Wildman–Crippen MR) is 358 cm³/mol. The van der Waals surface area contributed by atoms with Crippen molar-refractivity contribution in [1.82, 2.24) is 0 Å². The molecule has 1 unspecified atom stereocenters. The van der Waals surface area contributed by atoms with Gasteiger partial charge in [-0.2, -0.15) is 0 Å². The van der Waals surface area contributed by atoms with E-state index in [4.69, 9.17) is 14.2 Å². The maximum Gasteiger partial charge on any atom is 0.306 e. The van der Waals surface area contributed by atoms with Gasteiger partial charge >= 0.3 is 17.9 Å². The minimum atomic E-state index is -0.778. The standard InChI is InChI=1S/C76H138O6/c1-4-7-10-13-16-19-22-25-27-29-31-33-35-36-37-38-39-40-42-43-45-47-49-51-54-57-60-63-66-69-75(78)81-72-73(71-80-74(77)68-65-62-59-56-53-24-21-18-15-12-9-6-3)82-76(79)70-67-64-61-58-55-52-50-48-46-44-41-34-32-30-28-26-23-20-17-14-11-8-5-2/h18,21-22,25,29-32,35-36,73H,4-17,19-20,23-24,26-28,33-34,37-72H2,1-3H3/b21-18-,25-22-,31-29-,32-30-,36-35-. The van der Waals surface area contributed by atoms with Gasteiger partial charge in [0.25, 0.3) is 0 Å². The second-order valence-electron chi connectivity index (χ2n) is 24.5. The largest absolute Gasteiger partial charge is 0.462 e. The average Bonchev–Trinajstić information content (AvgIpc) is 3.47. The summed E-state index contributed by atoms with van der Waals surface area (Å²) in [4.78, 5) is 38.4. The Morgan fingerprint density at radius 2 is 0.439 bits per heavy atom. The molecular weight excluding hydrogens is 1010 g/mol. The Labute approximate surface area is 510 Å². The number of allylic oxidation sites excluding steroid dienone is 10. The lowest BCUT2D eigenvalue weighted by Crippen LogP contribution is -2.30. The van der Waals surface area contributed by atoms with E-state index in [2.05, 4.69) is 81.5 Å². The van der Waals surface area contributed by atoms with Crippen molar-refractivity contribution in [3.8, 4) is 0 Å². The molecule has 0 aliphatic rings. The number of ether oxygens (including phenoxy) is 3. The zero-order chi connectivity index (χ0) is 59.2. The first-order valence-corrected chi connectivity index (χ1v) is 36.3. The van der Waals surface area contributed by atoms with Crippen molar-refractivity contribution in [2.24, 2.45) is 0 Å². The van der Waals surface area contributed by atoms with Gasteiger partial charge in [0.05, 0.1) is 0 Å². The normalized spacial score (nSPS) is 12.4. The summed E-state index contributed by atoms with van der Waals surface area (Å²) in [7, 11) is 0. The number of esters is 3. The number of rotatable bonds is 67. The fourth-order valence-electron chi connectivity index (χ4n) is 10.7. The monoisotopic (exact) mass is 1150 g/mol. The highest BCUT2D eigenvalue weighted by atomic mass is 16.6. The molecule has 0 bridgehead atoms. The summed E-state index contributed by atoms with van der Waals surface area (Å²) in [5.41, 5.74) is 0. The smallest absolute Gasteiger partial charge is 0.306 e. The first-order valence-electron chi connectivity index (χ1n) is 36.3. The highest BCUT2D eigenvalue weighted by molar-refractivity contribution is 5.71. The quantitative estimate of drug-likeness (QED) is 0.0261. The lowest BCUT2D eigenvalue weighted by Gasteiger charge is -2.18. The SMILES string of the molecule is CCCCC/C=C\CCCCCCCC(=O)OCC(COC(=O)CCCCCCCCCCCCCCCC/C=C\C/C=C\C/C=C\CCCCCCC)OC(=O)CCCCCCCCCCCCC/C=C\CCCCCCCCCC. The number of carbonyl (C=O) groups is 3. The average molecular weight is 1150 g/mol. The van der Waals surface area contributed by atoms with Crippen LogP contribution in [0.15, 0.2) is 60.8 Å². The summed E-state index contributed by atoms with van der Waals surface area (Å²) in [5.74, 6) is -0.862. The van der Waals surface area contributed by atoms with Crippen LogP contribution in [0.4, 0.5) is 0 Å². The molecule has 0 saturated heterocycles. The maximum absolute atomic E-state index is 13.0. The van der Waals surface area contributed by atoms with E-state index in [1.165, 1.54) is 270 Å². The Morgan fingerprint density at radius 3 is 0.720 bits per heavy atom. The van der Waals surface area contributed by atoms with Crippen molar-refractivity contribution < 1.29 is 28.6 Å². The molecule has 1 atom stereocenters. The second kappa shape index (κ2) is 70.6. The van der Waals surface area contributed by atoms with Crippen molar-refractivity contribution in [2.45, 2.75) is 393 Å². The third-order valence-corrected chi connectivity index (χ3v) is 16.2. The van der Waals surface area contributed by atoms with Gasteiger partial charge in [-0.3, -0.25) is 14.4 Å². The van der Waals surface area contributed by atoms with Crippen LogP contribution in [0.3, 0.4) is 0 Å². The van der Waals surface area contributed by atoms with Gasteiger partial charge < -0.3 is 14.2 Å². The van der Waals surface area contributed by atoms with Crippen molar-refractivity contribution in [3.63, 3.8) is 0 Å². The highest BCUT2D eigenvalue weighted by Gasteiger charge is 2.19. The van der Waals surface area contributed by atoms with Crippen molar-refractivity contribution >= 4 is 17.9 Å². The molecule has 0 aromatic rings. The molecule has 0 rings (SSSR count). The van der Waals surface area contributed by atoms with Gasteiger partial charge in [-0.05, 0) is 109 Å². The summed E-state index contributed by atoms with van der Waals surface area (Å²) < 4.78 is 17.0. The third kappa shape index (κ3) is 67.9. The van der Waals surface area contributed by atoms with E-state index in [1.807, 2.05) is 0 Å². The van der Waals surface area contributed by atoms with E-state index < -0.39 is 6.10 Å². The Kier molecular flexibility index (Phi) is 68.1. The molecule has 478 valence electrons. The molecular formula is C76H138O6. The molecule has 0 saturated carbocycles. The van der Waals surface area contributed by atoms with Crippen LogP contribution in [0.1, 0.15) is 387 Å². The Balaban J connectivity index is 4.21. The minimum absolute atomic E-state index is 0.0742. The van der Waals surface area contributed by atoms with E-state index in [-0.39, 0.29) is 31.1 Å².